The summed E-state index contributed by atoms with van der Waals surface area (Å²) < 4.78 is 26.9. The Morgan fingerprint density at radius 2 is 2.21 bits per heavy atom. The van der Waals surface area contributed by atoms with Crippen molar-refractivity contribution in [3.8, 4) is 0 Å². The molecule has 5 nitrogen and oxygen atoms in total. The lowest BCUT2D eigenvalue weighted by Gasteiger charge is -2.12. The van der Waals surface area contributed by atoms with Gasteiger partial charge in [0.25, 0.3) is 0 Å². The maximum absolute atomic E-state index is 12.1. The number of sulfonamides is 1. The molecule has 106 valence electrons. The number of carbonyl (C=O) groups is 1. The van der Waals surface area contributed by atoms with E-state index in [4.69, 9.17) is 5.11 Å². The summed E-state index contributed by atoms with van der Waals surface area (Å²) in [6, 6.07) is 1.41. The molecule has 1 aromatic heterocycles. The molecular weight excluding hydrogens is 306 g/mol. The number of thioether (sulfide) groups is 1. The van der Waals surface area contributed by atoms with Gasteiger partial charge in [0, 0.05) is 11.3 Å². The summed E-state index contributed by atoms with van der Waals surface area (Å²) in [5.74, 6) is -1.09. The van der Waals surface area contributed by atoms with E-state index in [-0.39, 0.29) is 13.8 Å². The van der Waals surface area contributed by atoms with E-state index in [0.29, 0.717) is 12.1 Å². The lowest BCUT2D eigenvalue weighted by molar-refractivity contribution is 0.0701. The molecule has 2 rings (SSSR count). The Morgan fingerprint density at radius 3 is 2.63 bits per heavy atom. The molecule has 1 aliphatic rings. The standard InChI is InChI=1S/C11H15NO4S3/c1-7-5-8(18-9(7)10(13)14)19(15,16)12-6-11(17-2)3-4-11/h5,12H,3-4,6H2,1-2H3,(H,13,14). The van der Waals surface area contributed by atoms with Gasteiger partial charge in [-0.15, -0.1) is 11.3 Å². The molecule has 0 spiro atoms. The van der Waals surface area contributed by atoms with Crippen LogP contribution in [-0.4, -0.2) is 37.0 Å². The number of aromatic carboxylic acids is 1. The van der Waals surface area contributed by atoms with Gasteiger partial charge in [-0.25, -0.2) is 17.9 Å². The molecule has 1 aromatic rings. The molecule has 1 heterocycles. The Kier molecular flexibility index (Phi) is 3.97. The van der Waals surface area contributed by atoms with E-state index >= 15 is 0 Å². The predicted octanol–water partition coefficient (Wildman–Crippen LogP) is 1.93. The van der Waals surface area contributed by atoms with Crippen molar-refractivity contribution in [2.75, 3.05) is 12.8 Å². The summed E-state index contributed by atoms with van der Waals surface area (Å²) in [4.78, 5) is 11.0. The fourth-order valence-electron chi connectivity index (χ4n) is 1.69. The molecule has 0 amide bonds. The summed E-state index contributed by atoms with van der Waals surface area (Å²) in [5.41, 5.74) is 0.476. The monoisotopic (exact) mass is 321 g/mol. The molecule has 0 bridgehead atoms. The molecule has 1 fully saturated rings. The minimum Gasteiger partial charge on any atom is -0.477 e. The smallest absolute Gasteiger partial charge is 0.346 e. The van der Waals surface area contributed by atoms with Crippen LogP contribution < -0.4 is 4.72 Å². The summed E-state index contributed by atoms with van der Waals surface area (Å²) >= 11 is 2.47. The SMILES string of the molecule is CSC1(CNS(=O)(=O)c2cc(C)c(C(=O)O)s2)CC1. The van der Waals surface area contributed by atoms with Crippen LogP contribution in [0, 0.1) is 6.92 Å². The van der Waals surface area contributed by atoms with Crippen molar-refractivity contribution in [3.63, 3.8) is 0 Å². The van der Waals surface area contributed by atoms with Crippen molar-refractivity contribution in [2.24, 2.45) is 0 Å². The molecular formula is C11H15NO4S3. The van der Waals surface area contributed by atoms with Crippen molar-refractivity contribution in [3.05, 3.63) is 16.5 Å². The number of carboxylic acid groups (broad SMARTS) is 1. The fraction of sp³-hybridized carbons (Fsp3) is 0.545. The van der Waals surface area contributed by atoms with Crippen LogP contribution in [0.1, 0.15) is 28.1 Å². The van der Waals surface area contributed by atoms with Crippen molar-refractivity contribution in [1.29, 1.82) is 0 Å². The van der Waals surface area contributed by atoms with E-state index in [1.807, 2.05) is 6.26 Å². The first-order chi connectivity index (χ1) is 8.80. The molecule has 19 heavy (non-hydrogen) atoms. The number of thiophene rings is 1. The van der Waals surface area contributed by atoms with Crippen molar-refractivity contribution < 1.29 is 18.3 Å². The average molecular weight is 321 g/mol. The summed E-state index contributed by atoms with van der Waals surface area (Å²) in [6.07, 6.45) is 4.00. The Bertz CT molecular complexity index is 601. The predicted molar refractivity (Wildman–Crippen MR) is 76.7 cm³/mol. The molecule has 0 atom stereocenters. The van der Waals surface area contributed by atoms with Gasteiger partial charge < -0.3 is 5.11 Å². The topological polar surface area (TPSA) is 83.5 Å². The molecule has 1 aliphatic carbocycles. The Balaban J connectivity index is 2.15. The Labute approximate surface area is 120 Å². The van der Waals surface area contributed by atoms with Crippen molar-refractivity contribution >= 4 is 39.1 Å². The van der Waals surface area contributed by atoms with Crippen LogP contribution in [0.3, 0.4) is 0 Å². The fourth-order valence-corrected chi connectivity index (χ4v) is 5.06. The molecule has 0 aliphatic heterocycles. The highest BCUT2D eigenvalue weighted by Gasteiger charge is 2.42. The highest BCUT2D eigenvalue weighted by molar-refractivity contribution is 8.00. The normalized spacial score (nSPS) is 17.4. The lowest BCUT2D eigenvalue weighted by Crippen LogP contribution is -2.31. The first kappa shape index (κ1) is 14.8. The van der Waals surface area contributed by atoms with Gasteiger partial charge in [0.1, 0.15) is 9.09 Å². The minimum absolute atomic E-state index is 0.0367. The van der Waals surface area contributed by atoms with E-state index in [2.05, 4.69) is 4.72 Å². The van der Waals surface area contributed by atoms with Crippen LogP contribution in [0.15, 0.2) is 10.3 Å². The quantitative estimate of drug-likeness (QED) is 0.836. The first-order valence-electron chi connectivity index (χ1n) is 5.68. The van der Waals surface area contributed by atoms with Gasteiger partial charge in [-0.1, -0.05) is 0 Å². The molecule has 0 aromatic carbocycles. The third-order valence-corrected chi connectivity index (χ3v) is 7.70. The molecule has 0 saturated heterocycles. The highest BCUT2D eigenvalue weighted by atomic mass is 32.2. The zero-order valence-corrected chi connectivity index (χ0v) is 13.0. The molecule has 8 heteroatoms. The Hall–Kier alpha value is -0.570. The second-order valence-corrected chi connectivity index (χ2v) is 8.91. The maximum atomic E-state index is 12.1. The largest absolute Gasteiger partial charge is 0.477 e. The van der Waals surface area contributed by atoms with E-state index in [1.165, 1.54) is 6.07 Å². The summed E-state index contributed by atoms with van der Waals surface area (Å²) in [6.45, 7) is 2.00. The lowest BCUT2D eigenvalue weighted by atomic mass is 10.3. The number of hydrogen-bond donors (Lipinski definition) is 2. The molecule has 2 N–H and O–H groups in total. The van der Waals surface area contributed by atoms with Gasteiger partial charge in [-0.05, 0) is 37.7 Å². The summed E-state index contributed by atoms with van der Waals surface area (Å²) in [7, 11) is -3.61. The van der Waals surface area contributed by atoms with Crippen LogP contribution in [0.2, 0.25) is 0 Å². The zero-order chi connectivity index (χ0) is 14.3. The average Bonchev–Trinajstić information content (AvgIpc) is 3.02. The van der Waals surface area contributed by atoms with E-state index < -0.39 is 16.0 Å². The zero-order valence-electron chi connectivity index (χ0n) is 10.6. The molecule has 0 unspecified atom stereocenters. The number of nitrogens with one attached hydrogen (secondary N) is 1. The highest BCUT2D eigenvalue weighted by Crippen LogP contribution is 2.46. The molecule has 1 saturated carbocycles. The van der Waals surface area contributed by atoms with Gasteiger partial charge in [0.05, 0.1) is 0 Å². The number of hydrogen-bond acceptors (Lipinski definition) is 5. The number of aryl methyl sites for hydroxylation is 1. The van der Waals surface area contributed by atoms with Gasteiger partial charge >= 0.3 is 5.97 Å². The summed E-state index contributed by atoms with van der Waals surface area (Å²) in [5, 5.41) is 8.94. The van der Waals surface area contributed by atoms with E-state index in [0.717, 1.165) is 24.2 Å². The number of rotatable bonds is 6. The van der Waals surface area contributed by atoms with Crippen molar-refractivity contribution in [1.82, 2.24) is 4.72 Å². The van der Waals surface area contributed by atoms with Crippen molar-refractivity contribution in [2.45, 2.75) is 28.7 Å². The van der Waals surface area contributed by atoms with E-state index in [1.54, 1.807) is 18.7 Å². The van der Waals surface area contributed by atoms with Crippen LogP contribution in [-0.2, 0) is 10.0 Å². The third kappa shape index (κ3) is 3.13. The van der Waals surface area contributed by atoms with Crippen LogP contribution in [0.25, 0.3) is 0 Å². The number of carboxylic acids is 1. The maximum Gasteiger partial charge on any atom is 0.346 e. The minimum atomic E-state index is -3.61. The van der Waals surface area contributed by atoms with Crippen LogP contribution >= 0.6 is 23.1 Å². The second-order valence-electron chi connectivity index (χ2n) is 4.59. The second kappa shape index (κ2) is 5.08. The van der Waals surface area contributed by atoms with Gasteiger partial charge in [0.2, 0.25) is 10.0 Å². The van der Waals surface area contributed by atoms with E-state index in [9.17, 15) is 13.2 Å². The first-order valence-corrected chi connectivity index (χ1v) is 9.21. The van der Waals surface area contributed by atoms with Gasteiger partial charge in [-0.2, -0.15) is 11.8 Å². The van der Waals surface area contributed by atoms with Gasteiger partial charge in [0.15, 0.2) is 0 Å². The van der Waals surface area contributed by atoms with Crippen LogP contribution in [0.5, 0.6) is 0 Å². The van der Waals surface area contributed by atoms with Gasteiger partial charge in [-0.3, -0.25) is 0 Å². The Morgan fingerprint density at radius 1 is 1.58 bits per heavy atom. The van der Waals surface area contributed by atoms with Crippen LogP contribution in [0.4, 0.5) is 0 Å². The molecule has 0 radical (unpaired) electrons. The third-order valence-electron chi connectivity index (χ3n) is 3.18.